The first-order valence-electron chi connectivity index (χ1n) is 24.9. The van der Waals surface area contributed by atoms with E-state index in [1.807, 2.05) is 0 Å². The smallest absolute Gasteiger partial charge is 0.306 e. The predicted octanol–water partition coefficient (Wildman–Crippen LogP) is 14.7. The highest BCUT2D eigenvalue weighted by Gasteiger charge is 2.24. The summed E-state index contributed by atoms with van der Waals surface area (Å²) >= 11 is 0. The second-order valence-corrected chi connectivity index (χ2v) is 16.9. The van der Waals surface area contributed by atoms with Crippen molar-refractivity contribution in [3.63, 3.8) is 0 Å². The van der Waals surface area contributed by atoms with E-state index < -0.39 is 18.2 Å². The summed E-state index contributed by atoms with van der Waals surface area (Å²) in [6, 6.07) is -0.712. The molecule has 3 unspecified atom stereocenters. The topological polar surface area (TPSA) is 95.9 Å². The van der Waals surface area contributed by atoms with Crippen LogP contribution in [-0.2, 0) is 14.3 Å². The molecular formula is C52H95NO5. The molecule has 6 heteroatoms. The van der Waals surface area contributed by atoms with Gasteiger partial charge in [0.1, 0.15) is 6.10 Å². The van der Waals surface area contributed by atoms with Crippen LogP contribution in [0.4, 0.5) is 0 Å². The maximum Gasteiger partial charge on any atom is 0.306 e. The molecule has 0 aromatic heterocycles. The number of unbranched alkanes of at least 4 members (excludes halogenated alkanes) is 24. The zero-order valence-electron chi connectivity index (χ0n) is 38.4. The Morgan fingerprint density at radius 3 is 1.41 bits per heavy atom. The molecule has 0 aromatic carbocycles. The number of amides is 1. The summed E-state index contributed by atoms with van der Waals surface area (Å²) in [5.41, 5.74) is 0. The van der Waals surface area contributed by atoms with Gasteiger partial charge in [-0.15, -0.1) is 0 Å². The summed E-state index contributed by atoms with van der Waals surface area (Å²) < 4.78 is 5.89. The zero-order chi connectivity index (χ0) is 42.4. The maximum atomic E-state index is 13.1. The van der Waals surface area contributed by atoms with Gasteiger partial charge < -0.3 is 20.3 Å². The Morgan fingerprint density at radius 1 is 0.500 bits per heavy atom. The van der Waals surface area contributed by atoms with Gasteiger partial charge in [0.2, 0.25) is 5.91 Å². The van der Waals surface area contributed by atoms with E-state index in [0.29, 0.717) is 19.3 Å². The maximum absolute atomic E-state index is 13.1. The molecular weight excluding hydrogens is 719 g/mol. The Morgan fingerprint density at radius 2 is 0.897 bits per heavy atom. The second-order valence-electron chi connectivity index (χ2n) is 16.9. The molecule has 0 aliphatic carbocycles. The van der Waals surface area contributed by atoms with E-state index in [0.717, 1.165) is 83.5 Å². The van der Waals surface area contributed by atoms with Crippen LogP contribution in [-0.4, -0.2) is 46.9 Å². The molecule has 0 aliphatic heterocycles. The molecule has 0 aromatic rings. The van der Waals surface area contributed by atoms with Crippen molar-refractivity contribution >= 4 is 11.9 Å². The first-order valence-corrected chi connectivity index (χ1v) is 24.9. The largest absolute Gasteiger partial charge is 0.462 e. The Hall–Kier alpha value is -2.18. The van der Waals surface area contributed by atoms with Gasteiger partial charge in [-0.1, -0.05) is 198 Å². The summed E-state index contributed by atoms with van der Waals surface area (Å²) in [7, 11) is 0. The van der Waals surface area contributed by atoms with Gasteiger partial charge in [-0.05, 0) is 83.5 Å². The fourth-order valence-electron chi connectivity index (χ4n) is 7.32. The Kier molecular flexibility index (Phi) is 44.2. The van der Waals surface area contributed by atoms with E-state index in [-0.39, 0.29) is 24.9 Å². The molecule has 0 bridgehead atoms. The number of allylic oxidation sites excluding steroid dienone is 8. The van der Waals surface area contributed by atoms with Crippen molar-refractivity contribution < 1.29 is 24.5 Å². The van der Waals surface area contributed by atoms with Gasteiger partial charge in [0.25, 0.3) is 0 Å². The minimum absolute atomic E-state index is 0.0478. The third-order valence-electron chi connectivity index (χ3n) is 11.1. The molecule has 0 fully saturated rings. The third kappa shape index (κ3) is 40.6. The van der Waals surface area contributed by atoms with Crippen LogP contribution in [0.5, 0.6) is 0 Å². The van der Waals surface area contributed by atoms with Crippen LogP contribution in [0.15, 0.2) is 48.6 Å². The molecule has 3 N–H and O–H groups in total. The molecule has 3 atom stereocenters. The Bertz CT molecular complexity index is 1000. The highest BCUT2D eigenvalue weighted by molar-refractivity contribution is 5.77. The van der Waals surface area contributed by atoms with E-state index in [2.05, 4.69) is 74.7 Å². The SMILES string of the molecule is CCCCC/C=C\C/C=C\C/C=C\CCCCCCC(=O)OC(CCC/C=C\CCCCCCCC)CC(=O)NC(CO)C(O)CCCCCCCCCCCCC. The van der Waals surface area contributed by atoms with Crippen LogP contribution in [0.25, 0.3) is 0 Å². The van der Waals surface area contributed by atoms with Crippen molar-refractivity contribution in [3.8, 4) is 0 Å². The standard InChI is InChI=1S/C52H95NO5/c1-4-7-10-13-16-19-22-23-24-25-26-27-30-33-36-39-42-45-52(57)58-48(43-40-37-34-31-28-20-17-14-11-8-5-2)46-51(56)53-49(47-54)50(55)44-41-38-35-32-29-21-18-15-12-9-6-3/h16,19,23-24,26-27,31,34,48-50,54-55H,4-15,17-18,20-22,25,28-30,32-33,35-47H2,1-3H3,(H,53,56)/b19-16-,24-23-,27-26-,34-31-. The van der Waals surface area contributed by atoms with Gasteiger partial charge in [-0.25, -0.2) is 0 Å². The van der Waals surface area contributed by atoms with Crippen LogP contribution in [0.3, 0.4) is 0 Å². The fraction of sp³-hybridized carbons (Fsp3) is 0.808. The van der Waals surface area contributed by atoms with Crippen molar-refractivity contribution in [2.75, 3.05) is 6.61 Å². The normalized spacial score (nSPS) is 13.7. The quantitative estimate of drug-likeness (QED) is 0.0323. The van der Waals surface area contributed by atoms with Gasteiger partial charge in [-0.2, -0.15) is 0 Å². The third-order valence-corrected chi connectivity index (χ3v) is 11.1. The number of carbonyl (C=O) groups excluding carboxylic acids is 2. The minimum atomic E-state index is -0.796. The Labute approximate surface area is 359 Å². The average molecular weight is 814 g/mol. The summed E-state index contributed by atoms with van der Waals surface area (Å²) in [6.45, 7) is 6.42. The van der Waals surface area contributed by atoms with E-state index in [1.54, 1.807) is 0 Å². The molecule has 0 radical (unpaired) electrons. The second kappa shape index (κ2) is 45.9. The van der Waals surface area contributed by atoms with Crippen molar-refractivity contribution in [3.05, 3.63) is 48.6 Å². The number of ether oxygens (including phenoxy) is 1. The number of hydrogen-bond acceptors (Lipinski definition) is 5. The number of hydrogen-bond donors (Lipinski definition) is 3. The predicted molar refractivity (Wildman–Crippen MR) is 250 cm³/mol. The number of nitrogens with one attached hydrogen (secondary N) is 1. The summed E-state index contributed by atoms with van der Waals surface area (Å²) in [6.07, 6.45) is 54.6. The van der Waals surface area contributed by atoms with Gasteiger partial charge in [-0.3, -0.25) is 9.59 Å². The number of carbonyl (C=O) groups is 2. The van der Waals surface area contributed by atoms with Crippen LogP contribution in [0.2, 0.25) is 0 Å². The van der Waals surface area contributed by atoms with Crippen molar-refractivity contribution in [1.29, 1.82) is 0 Å². The molecule has 1 amide bonds. The molecule has 0 heterocycles. The molecule has 338 valence electrons. The molecule has 0 rings (SSSR count). The molecule has 0 saturated heterocycles. The van der Waals surface area contributed by atoms with Crippen molar-refractivity contribution in [2.24, 2.45) is 0 Å². The van der Waals surface area contributed by atoms with Gasteiger partial charge in [0.15, 0.2) is 0 Å². The summed E-state index contributed by atoms with van der Waals surface area (Å²) in [5.74, 6) is -0.527. The van der Waals surface area contributed by atoms with Crippen LogP contribution in [0.1, 0.15) is 245 Å². The summed E-state index contributed by atoms with van der Waals surface area (Å²) in [4.78, 5) is 26.0. The average Bonchev–Trinajstić information content (AvgIpc) is 3.22. The molecule has 0 aliphatic rings. The lowest BCUT2D eigenvalue weighted by Crippen LogP contribution is -2.46. The molecule has 0 spiro atoms. The monoisotopic (exact) mass is 814 g/mol. The summed E-state index contributed by atoms with van der Waals surface area (Å²) in [5, 5.41) is 23.7. The number of esters is 1. The van der Waals surface area contributed by atoms with Crippen LogP contribution in [0, 0.1) is 0 Å². The highest BCUT2D eigenvalue weighted by atomic mass is 16.5. The van der Waals surface area contributed by atoms with Crippen molar-refractivity contribution in [2.45, 2.75) is 264 Å². The first-order chi connectivity index (χ1) is 28.5. The number of aliphatic hydroxyl groups is 2. The van der Waals surface area contributed by atoms with Gasteiger partial charge >= 0.3 is 5.97 Å². The first kappa shape index (κ1) is 55.8. The minimum Gasteiger partial charge on any atom is -0.462 e. The van der Waals surface area contributed by atoms with Crippen molar-refractivity contribution in [1.82, 2.24) is 5.32 Å². The van der Waals surface area contributed by atoms with E-state index in [1.165, 1.54) is 116 Å². The Balaban J connectivity index is 4.61. The van der Waals surface area contributed by atoms with Gasteiger partial charge in [0, 0.05) is 6.42 Å². The molecule has 6 nitrogen and oxygen atoms in total. The molecule has 58 heavy (non-hydrogen) atoms. The van der Waals surface area contributed by atoms with E-state index in [9.17, 15) is 19.8 Å². The lowest BCUT2D eigenvalue weighted by molar-refractivity contribution is -0.151. The molecule has 0 saturated carbocycles. The lowest BCUT2D eigenvalue weighted by atomic mass is 10.0. The highest BCUT2D eigenvalue weighted by Crippen LogP contribution is 2.17. The van der Waals surface area contributed by atoms with Gasteiger partial charge in [0.05, 0.1) is 25.2 Å². The lowest BCUT2D eigenvalue weighted by Gasteiger charge is -2.24. The number of rotatable bonds is 44. The van der Waals surface area contributed by atoms with E-state index >= 15 is 0 Å². The number of aliphatic hydroxyl groups excluding tert-OH is 2. The van der Waals surface area contributed by atoms with E-state index in [4.69, 9.17) is 4.74 Å². The van der Waals surface area contributed by atoms with Crippen LogP contribution >= 0.6 is 0 Å². The zero-order valence-corrected chi connectivity index (χ0v) is 38.4. The fourth-order valence-corrected chi connectivity index (χ4v) is 7.32. The van der Waals surface area contributed by atoms with Crippen LogP contribution < -0.4 is 5.32 Å².